The average molecular weight is 185 g/mol. The Hall–Kier alpha value is -0.770. The van der Waals surface area contributed by atoms with E-state index in [1.54, 1.807) is 0 Å². The van der Waals surface area contributed by atoms with Gasteiger partial charge in [0.1, 0.15) is 0 Å². The maximum absolute atomic E-state index is 11.4. The molecule has 1 aliphatic heterocycles. The molecule has 1 unspecified atom stereocenters. The number of hydrogen-bond acceptors (Lipinski definition) is 2. The van der Waals surface area contributed by atoms with Crippen LogP contribution in [-0.2, 0) is 0 Å². The summed E-state index contributed by atoms with van der Waals surface area (Å²) in [5, 5.41) is 2.81. The number of nitrogens with one attached hydrogen (secondary N) is 1. The van der Waals surface area contributed by atoms with Crippen molar-refractivity contribution in [3.63, 3.8) is 0 Å². The van der Waals surface area contributed by atoms with E-state index in [-0.39, 0.29) is 6.03 Å². The molecule has 4 nitrogen and oxygen atoms in total. The Morgan fingerprint density at radius 2 is 2.46 bits per heavy atom. The van der Waals surface area contributed by atoms with Crippen LogP contribution in [0.5, 0.6) is 0 Å². The van der Waals surface area contributed by atoms with Gasteiger partial charge in [0.05, 0.1) is 0 Å². The zero-order chi connectivity index (χ0) is 9.68. The van der Waals surface area contributed by atoms with Crippen molar-refractivity contribution in [2.75, 3.05) is 26.2 Å². The first-order chi connectivity index (χ1) is 6.27. The van der Waals surface area contributed by atoms with Gasteiger partial charge in [-0.2, -0.15) is 0 Å². The Morgan fingerprint density at radius 1 is 1.69 bits per heavy atom. The monoisotopic (exact) mass is 185 g/mol. The summed E-state index contributed by atoms with van der Waals surface area (Å²) < 4.78 is 0. The Balaban J connectivity index is 2.27. The first kappa shape index (κ1) is 10.3. The highest BCUT2D eigenvalue weighted by Crippen LogP contribution is 2.18. The molecular formula is C9H19N3O. The Morgan fingerprint density at radius 3 is 3.08 bits per heavy atom. The maximum Gasteiger partial charge on any atom is 0.317 e. The molecule has 0 aromatic rings. The highest BCUT2D eigenvalue weighted by atomic mass is 16.2. The van der Waals surface area contributed by atoms with Gasteiger partial charge in [-0.3, -0.25) is 0 Å². The quantitative estimate of drug-likeness (QED) is 0.668. The molecule has 0 bridgehead atoms. The molecule has 0 radical (unpaired) electrons. The van der Waals surface area contributed by atoms with Crippen molar-refractivity contribution in [2.45, 2.75) is 19.8 Å². The fourth-order valence-corrected chi connectivity index (χ4v) is 1.75. The molecule has 1 saturated heterocycles. The van der Waals surface area contributed by atoms with Gasteiger partial charge in [0, 0.05) is 19.6 Å². The summed E-state index contributed by atoms with van der Waals surface area (Å²) in [6.07, 6.45) is 2.14. The first-order valence-corrected chi connectivity index (χ1v) is 5.00. The standard InChI is InChI=1S/C9H19N3O/c1-2-11-9(13)12-6-4-8(7-12)3-5-10/h8H,2-7,10H2,1H3,(H,11,13). The number of nitrogens with two attached hydrogens (primary N) is 1. The molecule has 1 fully saturated rings. The van der Waals surface area contributed by atoms with E-state index in [1.807, 2.05) is 11.8 Å². The maximum atomic E-state index is 11.4. The highest BCUT2D eigenvalue weighted by Gasteiger charge is 2.24. The van der Waals surface area contributed by atoms with E-state index >= 15 is 0 Å². The van der Waals surface area contributed by atoms with Crippen LogP contribution in [0.1, 0.15) is 19.8 Å². The smallest absolute Gasteiger partial charge is 0.317 e. The van der Waals surface area contributed by atoms with Gasteiger partial charge in [0.25, 0.3) is 0 Å². The van der Waals surface area contributed by atoms with E-state index in [9.17, 15) is 4.79 Å². The minimum Gasteiger partial charge on any atom is -0.338 e. The molecule has 76 valence electrons. The number of likely N-dealkylation sites (tertiary alicyclic amines) is 1. The third kappa shape index (κ3) is 2.88. The lowest BCUT2D eigenvalue weighted by molar-refractivity contribution is 0.207. The predicted molar refractivity (Wildman–Crippen MR) is 52.4 cm³/mol. The molecule has 4 heteroatoms. The number of carbonyl (C=O) groups excluding carboxylic acids is 1. The summed E-state index contributed by atoms with van der Waals surface area (Å²) in [6, 6.07) is 0.0713. The second-order valence-corrected chi connectivity index (χ2v) is 3.51. The minimum absolute atomic E-state index is 0.0713. The molecule has 0 saturated carbocycles. The van der Waals surface area contributed by atoms with Gasteiger partial charge in [-0.25, -0.2) is 4.79 Å². The third-order valence-electron chi connectivity index (χ3n) is 2.48. The molecule has 0 aromatic heterocycles. The van der Waals surface area contributed by atoms with Crippen molar-refractivity contribution in [1.82, 2.24) is 10.2 Å². The largest absolute Gasteiger partial charge is 0.338 e. The molecule has 0 aliphatic carbocycles. The fraction of sp³-hybridized carbons (Fsp3) is 0.889. The van der Waals surface area contributed by atoms with Crippen LogP contribution in [0, 0.1) is 5.92 Å². The van der Waals surface area contributed by atoms with Gasteiger partial charge < -0.3 is 16.0 Å². The average Bonchev–Trinajstić information content (AvgIpc) is 2.54. The Kier molecular flexibility index (Phi) is 4.02. The second-order valence-electron chi connectivity index (χ2n) is 3.51. The summed E-state index contributed by atoms with van der Waals surface area (Å²) in [7, 11) is 0. The van der Waals surface area contributed by atoms with E-state index in [1.165, 1.54) is 0 Å². The van der Waals surface area contributed by atoms with E-state index in [0.29, 0.717) is 12.5 Å². The van der Waals surface area contributed by atoms with Gasteiger partial charge in [0.2, 0.25) is 0 Å². The number of amides is 2. The number of rotatable bonds is 3. The second kappa shape index (κ2) is 5.07. The molecule has 1 rings (SSSR count). The van der Waals surface area contributed by atoms with E-state index in [4.69, 9.17) is 5.73 Å². The molecule has 1 atom stereocenters. The molecule has 3 N–H and O–H groups in total. The topological polar surface area (TPSA) is 58.4 Å². The van der Waals surface area contributed by atoms with Crippen LogP contribution in [0.3, 0.4) is 0 Å². The molecule has 1 aliphatic rings. The Labute approximate surface area is 79.5 Å². The van der Waals surface area contributed by atoms with Crippen molar-refractivity contribution >= 4 is 6.03 Å². The van der Waals surface area contributed by atoms with Gasteiger partial charge in [-0.05, 0) is 32.2 Å². The third-order valence-corrected chi connectivity index (χ3v) is 2.48. The van der Waals surface area contributed by atoms with Crippen LogP contribution in [0.4, 0.5) is 4.79 Å². The van der Waals surface area contributed by atoms with Crippen molar-refractivity contribution in [3.05, 3.63) is 0 Å². The molecule has 13 heavy (non-hydrogen) atoms. The first-order valence-electron chi connectivity index (χ1n) is 5.00. The van der Waals surface area contributed by atoms with Gasteiger partial charge in [0.15, 0.2) is 0 Å². The summed E-state index contributed by atoms with van der Waals surface area (Å²) in [5.41, 5.74) is 5.47. The van der Waals surface area contributed by atoms with Crippen molar-refractivity contribution < 1.29 is 4.79 Å². The molecule has 2 amide bonds. The lowest BCUT2D eigenvalue weighted by Crippen LogP contribution is -2.38. The zero-order valence-corrected chi connectivity index (χ0v) is 8.25. The summed E-state index contributed by atoms with van der Waals surface area (Å²) in [5.74, 6) is 0.618. The van der Waals surface area contributed by atoms with Crippen molar-refractivity contribution in [3.8, 4) is 0 Å². The lowest BCUT2D eigenvalue weighted by atomic mass is 10.1. The van der Waals surface area contributed by atoms with Gasteiger partial charge in [-0.15, -0.1) is 0 Å². The molecule has 1 heterocycles. The molecule has 0 spiro atoms. The van der Waals surface area contributed by atoms with E-state index < -0.39 is 0 Å². The van der Waals surface area contributed by atoms with Crippen LogP contribution >= 0.6 is 0 Å². The van der Waals surface area contributed by atoms with Crippen molar-refractivity contribution in [2.24, 2.45) is 11.7 Å². The lowest BCUT2D eigenvalue weighted by Gasteiger charge is -2.16. The normalized spacial score (nSPS) is 22.0. The molecular weight excluding hydrogens is 166 g/mol. The van der Waals surface area contributed by atoms with Crippen molar-refractivity contribution in [1.29, 1.82) is 0 Å². The number of nitrogens with zero attached hydrogens (tertiary/aromatic N) is 1. The summed E-state index contributed by atoms with van der Waals surface area (Å²) in [6.45, 7) is 5.13. The summed E-state index contributed by atoms with van der Waals surface area (Å²) in [4.78, 5) is 13.3. The Bertz CT molecular complexity index is 172. The van der Waals surface area contributed by atoms with Crippen LogP contribution in [0.15, 0.2) is 0 Å². The van der Waals surface area contributed by atoms with Crippen LogP contribution in [0.2, 0.25) is 0 Å². The fourth-order valence-electron chi connectivity index (χ4n) is 1.75. The van der Waals surface area contributed by atoms with Gasteiger partial charge in [-0.1, -0.05) is 0 Å². The van der Waals surface area contributed by atoms with Crippen LogP contribution < -0.4 is 11.1 Å². The number of carbonyl (C=O) groups is 1. The minimum atomic E-state index is 0.0713. The summed E-state index contributed by atoms with van der Waals surface area (Å²) >= 11 is 0. The van der Waals surface area contributed by atoms with E-state index in [2.05, 4.69) is 5.32 Å². The SMILES string of the molecule is CCNC(=O)N1CCC(CCN)C1. The zero-order valence-electron chi connectivity index (χ0n) is 8.25. The molecule has 0 aromatic carbocycles. The van der Waals surface area contributed by atoms with E-state index in [0.717, 1.165) is 32.5 Å². The number of urea groups is 1. The van der Waals surface area contributed by atoms with Gasteiger partial charge >= 0.3 is 6.03 Å². The predicted octanol–water partition coefficient (Wildman–Crippen LogP) is 0.387. The van der Waals surface area contributed by atoms with Crippen LogP contribution in [-0.4, -0.2) is 37.1 Å². The highest BCUT2D eigenvalue weighted by molar-refractivity contribution is 5.74. The number of hydrogen-bond donors (Lipinski definition) is 2. The van der Waals surface area contributed by atoms with Crippen LogP contribution in [0.25, 0.3) is 0 Å².